The largest absolute Gasteiger partial charge is 0.349 e. The predicted molar refractivity (Wildman–Crippen MR) is 109 cm³/mol. The van der Waals surface area contributed by atoms with Gasteiger partial charge in [0, 0.05) is 23.5 Å². The molecule has 0 spiro atoms. The third-order valence-corrected chi connectivity index (χ3v) is 5.01. The number of aromatic nitrogens is 2. The Labute approximate surface area is 163 Å². The van der Waals surface area contributed by atoms with E-state index in [2.05, 4.69) is 10.4 Å². The molecule has 144 valence electrons. The topological polar surface area (TPSA) is 67.2 Å². The van der Waals surface area contributed by atoms with Crippen LogP contribution in [-0.4, -0.2) is 33.7 Å². The van der Waals surface area contributed by atoms with Gasteiger partial charge in [-0.25, -0.2) is 4.68 Å². The van der Waals surface area contributed by atoms with Crippen LogP contribution in [0.4, 0.5) is 0 Å². The van der Waals surface area contributed by atoms with Gasteiger partial charge in [0.1, 0.15) is 0 Å². The van der Waals surface area contributed by atoms with E-state index in [1.807, 2.05) is 67.4 Å². The molecule has 28 heavy (non-hydrogen) atoms. The number of aryl methyl sites for hydroxylation is 1. The summed E-state index contributed by atoms with van der Waals surface area (Å²) in [4.78, 5) is 26.8. The van der Waals surface area contributed by atoms with E-state index in [9.17, 15) is 9.59 Å². The van der Waals surface area contributed by atoms with E-state index < -0.39 is 0 Å². The molecule has 0 aliphatic heterocycles. The first kappa shape index (κ1) is 18.4. The Morgan fingerprint density at radius 2 is 1.82 bits per heavy atom. The minimum atomic E-state index is -0.0832. The van der Waals surface area contributed by atoms with E-state index in [1.165, 1.54) is 4.68 Å². The lowest BCUT2D eigenvalue weighted by molar-refractivity contribution is 0.0951. The van der Waals surface area contributed by atoms with Gasteiger partial charge in [-0.15, -0.1) is 0 Å². The number of rotatable bonds is 6. The van der Waals surface area contributed by atoms with Crippen LogP contribution in [0.2, 0.25) is 0 Å². The Hall–Kier alpha value is -2.99. The first-order valence-corrected chi connectivity index (χ1v) is 9.56. The van der Waals surface area contributed by atoms with Gasteiger partial charge in [-0.1, -0.05) is 30.3 Å². The molecular formula is C22H24N4O2. The molecule has 0 unspecified atom stereocenters. The molecule has 0 bridgehead atoms. The Balaban J connectivity index is 1.45. The van der Waals surface area contributed by atoms with Gasteiger partial charge in [0.05, 0.1) is 17.7 Å². The first-order chi connectivity index (χ1) is 13.5. The number of carbonyl (C=O) groups excluding carboxylic acids is 1. The van der Waals surface area contributed by atoms with Crippen molar-refractivity contribution in [3.05, 3.63) is 75.7 Å². The summed E-state index contributed by atoms with van der Waals surface area (Å²) in [6.45, 7) is 2.97. The molecule has 6 heteroatoms. The zero-order chi connectivity index (χ0) is 19.7. The second-order valence-corrected chi connectivity index (χ2v) is 7.54. The summed E-state index contributed by atoms with van der Waals surface area (Å²) in [5.74, 6) is -0.00945. The summed E-state index contributed by atoms with van der Waals surface area (Å²) < 4.78 is 1.51. The lowest BCUT2D eigenvalue weighted by Crippen LogP contribution is -2.32. The number of amides is 1. The summed E-state index contributed by atoms with van der Waals surface area (Å²) in [5, 5.41) is 9.04. The summed E-state index contributed by atoms with van der Waals surface area (Å²) >= 11 is 0. The fourth-order valence-electron chi connectivity index (χ4n) is 3.35. The van der Waals surface area contributed by atoms with E-state index in [0.29, 0.717) is 30.2 Å². The second kappa shape index (κ2) is 7.56. The van der Waals surface area contributed by atoms with Crippen molar-refractivity contribution >= 4 is 16.7 Å². The van der Waals surface area contributed by atoms with Gasteiger partial charge in [-0.3, -0.25) is 14.5 Å². The van der Waals surface area contributed by atoms with Gasteiger partial charge in [0.25, 0.3) is 11.5 Å². The van der Waals surface area contributed by atoms with Crippen molar-refractivity contribution in [3.63, 3.8) is 0 Å². The Morgan fingerprint density at radius 3 is 2.50 bits per heavy atom. The standard InChI is InChI=1S/C22H24N4O2/c1-15-19-5-3-4-6-20(19)22(28)26(24-15)14-25(2)13-16-7-9-17(10-8-16)21(27)23-18-11-12-18/h3-10,18H,11-14H2,1-2H3,(H,23,27). The highest BCUT2D eigenvalue weighted by Gasteiger charge is 2.23. The monoisotopic (exact) mass is 376 g/mol. The minimum absolute atomic E-state index is 0.00945. The van der Waals surface area contributed by atoms with Gasteiger partial charge in [-0.2, -0.15) is 5.10 Å². The van der Waals surface area contributed by atoms with Gasteiger partial charge in [-0.05, 0) is 50.6 Å². The normalized spacial score (nSPS) is 13.8. The SMILES string of the molecule is Cc1nn(CN(C)Cc2ccc(C(=O)NC3CC3)cc2)c(=O)c2ccccc12. The van der Waals surface area contributed by atoms with E-state index in [4.69, 9.17) is 0 Å². The van der Waals surface area contributed by atoms with Crippen molar-refractivity contribution in [1.29, 1.82) is 0 Å². The average molecular weight is 376 g/mol. The van der Waals surface area contributed by atoms with Gasteiger partial charge in [0.2, 0.25) is 0 Å². The molecule has 1 heterocycles. The quantitative estimate of drug-likeness (QED) is 0.718. The fourth-order valence-corrected chi connectivity index (χ4v) is 3.35. The first-order valence-electron chi connectivity index (χ1n) is 9.56. The molecule has 0 atom stereocenters. The van der Waals surface area contributed by atoms with Crippen LogP contribution >= 0.6 is 0 Å². The summed E-state index contributed by atoms with van der Waals surface area (Å²) in [7, 11) is 1.95. The molecule has 1 aliphatic carbocycles. The maximum atomic E-state index is 12.7. The van der Waals surface area contributed by atoms with Gasteiger partial charge in [0.15, 0.2) is 0 Å². The van der Waals surface area contributed by atoms with Crippen molar-refractivity contribution in [2.45, 2.75) is 39.0 Å². The number of carbonyl (C=O) groups is 1. The zero-order valence-corrected chi connectivity index (χ0v) is 16.2. The van der Waals surface area contributed by atoms with Crippen LogP contribution in [0.15, 0.2) is 53.3 Å². The highest BCUT2D eigenvalue weighted by atomic mass is 16.2. The van der Waals surface area contributed by atoms with Crippen LogP contribution in [-0.2, 0) is 13.2 Å². The fraction of sp³-hybridized carbons (Fsp3) is 0.318. The molecular weight excluding hydrogens is 352 g/mol. The lowest BCUT2D eigenvalue weighted by atomic mass is 10.1. The van der Waals surface area contributed by atoms with Crippen molar-refractivity contribution in [2.24, 2.45) is 0 Å². The number of hydrogen-bond donors (Lipinski definition) is 1. The number of hydrogen-bond acceptors (Lipinski definition) is 4. The third-order valence-electron chi connectivity index (χ3n) is 5.01. The molecule has 1 aromatic heterocycles. The molecule has 3 aromatic rings. The molecule has 1 fully saturated rings. The van der Waals surface area contributed by atoms with E-state index >= 15 is 0 Å². The average Bonchev–Trinajstić information content (AvgIpc) is 3.50. The van der Waals surface area contributed by atoms with E-state index in [1.54, 1.807) is 0 Å². The number of nitrogens with one attached hydrogen (secondary N) is 1. The van der Waals surface area contributed by atoms with Crippen LogP contribution < -0.4 is 10.9 Å². The van der Waals surface area contributed by atoms with Gasteiger partial charge >= 0.3 is 0 Å². The van der Waals surface area contributed by atoms with Crippen LogP contribution in [0.3, 0.4) is 0 Å². The Kier molecular flexibility index (Phi) is 4.96. The lowest BCUT2D eigenvalue weighted by Gasteiger charge is -2.18. The van der Waals surface area contributed by atoms with Gasteiger partial charge < -0.3 is 5.32 Å². The number of nitrogens with zero attached hydrogens (tertiary/aromatic N) is 3. The molecule has 0 radical (unpaired) electrons. The molecule has 6 nitrogen and oxygen atoms in total. The van der Waals surface area contributed by atoms with E-state index in [0.717, 1.165) is 29.5 Å². The highest BCUT2D eigenvalue weighted by Crippen LogP contribution is 2.19. The van der Waals surface area contributed by atoms with Crippen LogP contribution in [0.25, 0.3) is 10.8 Å². The maximum Gasteiger partial charge on any atom is 0.275 e. The molecule has 1 N–H and O–H groups in total. The smallest absolute Gasteiger partial charge is 0.275 e. The Morgan fingerprint density at radius 1 is 1.14 bits per heavy atom. The molecule has 1 saturated carbocycles. The van der Waals surface area contributed by atoms with Crippen LogP contribution in [0.1, 0.15) is 34.5 Å². The van der Waals surface area contributed by atoms with Crippen molar-refractivity contribution in [3.8, 4) is 0 Å². The van der Waals surface area contributed by atoms with Crippen molar-refractivity contribution < 1.29 is 4.79 Å². The summed E-state index contributed by atoms with van der Waals surface area (Å²) in [5.41, 5.74) is 2.52. The summed E-state index contributed by atoms with van der Waals surface area (Å²) in [6.07, 6.45) is 2.16. The second-order valence-electron chi connectivity index (χ2n) is 7.54. The molecule has 0 saturated heterocycles. The maximum absolute atomic E-state index is 12.7. The highest BCUT2D eigenvalue weighted by molar-refractivity contribution is 5.94. The molecule has 1 aliphatic rings. The van der Waals surface area contributed by atoms with E-state index in [-0.39, 0.29) is 11.5 Å². The van der Waals surface area contributed by atoms with Crippen LogP contribution in [0, 0.1) is 6.92 Å². The van der Waals surface area contributed by atoms with Crippen molar-refractivity contribution in [1.82, 2.24) is 20.0 Å². The number of fused-ring (bicyclic) bond motifs is 1. The van der Waals surface area contributed by atoms with Crippen LogP contribution in [0.5, 0.6) is 0 Å². The Bertz CT molecular complexity index is 1070. The third kappa shape index (κ3) is 3.97. The predicted octanol–water partition coefficient (Wildman–Crippen LogP) is 2.69. The zero-order valence-electron chi connectivity index (χ0n) is 16.2. The van der Waals surface area contributed by atoms with Crippen molar-refractivity contribution in [2.75, 3.05) is 7.05 Å². The molecule has 4 rings (SSSR count). The molecule has 1 amide bonds. The number of benzene rings is 2. The minimum Gasteiger partial charge on any atom is -0.349 e. The summed E-state index contributed by atoms with van der Waals surface area (Å²) in [6, 6.07) is 15.5. The molecule has 2 aromatic carbocycles.